The van der Waals surface area contributed by atoms with E-state index in [9.17, 15) is 0 Å². The van der Waals surface area contributed by atoms with Gasteiger partial charge in [-0.15, -0.1) is 11.3 Å². The zero-order chi connectivity index (χ0) is 10.5. The van der Waals surface area contributed by atoms with Gasteiger partial charge >= 0.3 is 0 Å². The van der Waals surface area contributed by atoms with Gasteiger partial charge in [-0.3, -0.25) is 5.10 Å². The molecule has 15 heavy (non-hydrogen) atoms. The number of aromatic amines is 1. The summed E-state index contributed by atoms with van der Waals surface area (Å²) in [6, 6.07) is 4.04. The monoisotopic (exact) mass is 221 g/mol. The van der Waals surface area contributed by atoms with Crippen LogP contribution in [0.4, 0.5) is 0 Å². The van der Waals surface area contributed by atoms with E-state index in [0.717, 1.165) is 16.1 Å². The van der Waals surface area contributed by atoms with Crippen LogP contribution < -0.4 is 0 Å². The lowest BCUT2D eigenvalue weighted by atomic mass is 10.2. The Labute approximate surface area is 91.6 Å². The molecular weight excluding hydrogens is 210 g/mol. The molecule has 0 fully saturated rings. The van der Waals surface area contributed by atoms with Gasteiger partial charge < -0.3 is 4.84 Å². The van der Waals surface area contributed by atoms with Gasteiger partial charge in [0.2, 0.25) is 0 Å². The Morgan fingerprint density at radius 2 is 2.60 bits per heavy atom. The molecule has 0 saturated carbocycles. The molecular formula is C10H11N3OS. The molecule has 2 rings (SSSR count). The highest BCUT2D eigenvalue weighted by molar-refractivity contribution is 7.13. The molecule has 0 aromatic carbocycles. The van der Waals surface area contributed by atoms with Crippen molar-refractivity contribution in [3.63, 3.8) is 0 Å². The van der Waals surface area contributed by atoms with Gasteiger partial charge in [-0.05, 0) is 18.4 Å². The fourth-order valence-electron chi connectivity index (χ4n) is 1.18. The maximum absolute atomic E-state index is 4.91. The predicted octanol–water partition coefficient (Wildman–Crippen LogP) is 2.51. The van der Waals surface area contributed by atoms with Gasteiger partial charge in [-0.2, -0.15) is 5.10 Å². The summed E-state index contributed by atoms with van der Waals surface area (Å²) in [4.78, 5) is 6.05. The van der Waals surface area contributed by atoms with Gasteiger partial charge in [0.1, 0.15) is 6.61 Å². The minimum absolute atomic E-state index is 0.572. The summed E-state index contributed by atoms with van der Waals surface area (Å²) in [5, 5.41) is 12.8. The smallest absolute Gasteiger partial charge is 0.114 e. The molecule has 0 saturated heterocycles. The van der Waals surface area contributed by atoms with Crippen molar-refractivity contribution in [1.82, 2.24) is 10.2 Å². The largest absolute Gasteiger partial charge is 0.396 e. The molecule has 0 bridgehead atoms. The topological polar surface area (TPSA) is 50.3 Å². The number of aromatic nitrogens is 2. The van der Waals surface area contributed by atoms with Crippen LogP contribution in [0.1, 0.15) is 12.5 Å². The number of hydrogen-bond donors (Lipinski definition) is 1. The number of rotatable bonds is 4. The molecule has 0 unspecified atom stereocenters. The first-order chi connectivity index (χ1) is 7.42. The van der Waals surface area contributed by atoms with Crippen LogP contribution in [0.5, 0.6) is 0 Å². The standard InChI is InChI=1S/C10H11N3OS/c1-2-14-12-7-8-6-11-13-10(8)9-4-3-5-15-9/h3-7H,2H2,1H3,(H,11,13)/b12-7+. The van der Waals surface area contributed by atoms with Crippen molar-refractivity contribution in [2.75, 3.05) is 6.61 Å². The first-order valence-corrected chi connectivity index (χ1v) is 5.52. The van der Waals surface area contributed by atoms with Gasteiger partial charge in [0.15, 0.2) is 0 Å². The molecule has 0 radical (unpaired) electrons. The Morgan fingerprint density at radius 1 is 1.67 bits per heavy atom. The Balaban J connectivity index is 2.23. The van der Waals surface area contributed by atoms with E-state index in [1.807, 2.05) is 24.4 Å². The molecule has 1 N–H and O–H groups in total. The van der Waals surface area contributed by atoms with Gasteiger partial charge in [0, 0.05) is 5.56 Å². The van der Waals surface area contributed by atoms with Gasteiger partial charge in [-0.25, -0.2) is 0 Å². The number of nitrogens with zero attached hydrogens (tertiary/aromatic N) is 2. The van der Waals surface area contributed by atoms with Crippen molar-refractivity contribution in [3.8, 4) is 10.6 Å². The maximum Gasteiger partial charge on any atom is 0.114 e. The number of oxime groups is 1. The number of hydrogen-bond acceptors (Lipinski definition) is 4. The molecule has 0 aliphatic heterocycles. The van der Waals surface area contributed by atoms with Crippen molar-refractivity contribution in [2.45, 2.75) is 6.92 Å². The average molecular weight is 221 g/mol. The second-order valence-electron chi connectivity index (χ2n) is 2.83. The highest BCUT2D eigenvalue weighted by Crippen LogP contribution is 2.24. The Kier molecular flexibility index (Phi) is 3.14. The fraction of sp³-hybridized carbons (Fsp3) is 0.200. The molecule has 2 heterocycles. The van der Waals surface area contributed by atoms with Crippen LogP contribution in [0.2, 0.25) is 0 Å². The molecule has 0 aliphatic carbocycles. The average Bonchev–Trinajstić information content (AvgIpc) is 2.87. The number of thiophene rings is 1. The highest BCUT2D eigenvalue weighted by Gasteiger charge is 2.06. The van der Waals surface area contributed by atoms with Gasteiger partial charge in [0.25, 0.3) is 0 Å². The van der Waals surface area contributed by atoms with E-state index in [1.54, 1.807) is 23.7 Å². The summed E-state index contributed by atoms with van der Waals surface area (Å²) in [5.74, 6) is 0. The lowest BCUT2D eigenvalue weighted by Crippen LogP contribution is -1.85. The van der Waals surface area contributed by atoms with E-state index in [0.29, 0.717) is 6.61 Å². The zero-order valence-corrected chi connectivity index (χ0v) is 9.12. The van der Waals surface area contributed by atoms with E-state index in [2.05, 4.69) is 15.4 Å². The summed E-state index contributed by atoms with van der Waals surface area (Å²) < 4.78 is 0. The van der Waals surface area contributed by atoms with Crippen LogP contribution in [0.3, 0.4) is 0 Å². The van der Waals surface area contributed by atoms with Crippen molar-refractivity contribution < 1.29 is 4.84 Å². The van der Waals surface area contributed by atoms with Crippen molar-refractivity contribution in [3.05, 3.63) is 29.3 Å². The Hall–Kier alpha value is -1.62. The van der Waals surface area contributed by atoms with Gasteiger partial charge in [-0.1, -0.05) is 11.2 Å². The molecule has 2 aromatic rings. The minimum atomic E-state index is 0.572. The van der Waals surface area contributed by atoms with Crippen LogP contribution in [0.25, 0.3) is 10.6 Å². The molecule has 2 aromatic heterocycles. The van der Waals surface area contributed by atoms with Crippen LogP contribution in [-0.4, -0.2) is 23.0 Å². The fourth-order valence-corrected chi connectivity index (χ4v) is 1.92. The Bertz CT molecular complexity index is 433. The zero-order valence-electron chi connectivity index (χ0n) is 8.30. The SMILES string of the molecule is CCO/N=C/c1cn[nH]c1-c1cccs1. The van der Waals surface area contributed by atoms with Crippen LogP contribution in [0.15, 0.2) is 28.9 Å². The van der Waals surface area contributed by atoms with E-state index < -0.39 is 0 Å². The number of H-pyrrole nitrogens is 1. The van der Waals surface area contributed by atoms with Gasteiger partial charge in [0.05, 0.1) is 23.0 Å². The third-order valence-corrected chi connectivity index (χ3v) is 2.72. The molecule has 78 valence electrons. The second-order valence-corrected chi connectivity index (χ2v) is 3.78. The Morgan fingerprint density at radius 3 is 3.33 bits per heavy atom. The van der Waals surface area contributed by atoms with Crippen LogP contribution in [-0.2, 0) is 4.84 Å². The van der Waals surface area contributed by atoms with Crippen molar-refractivity contribution in [1.29, 1.82) is 0 Å². The molecule has 0 aliphatic rings. The summed E-state index contributed by atoms with van der Waals surface area (Å²) >= 11 is 1.66. The summed E-state index contributed by atoms with van der Waals surface area (Å²) in [5.41, 5.74) is 1.92. The maximum atomic E-state index is 4.91. The normalized spacial score (nSPS) is 11.0. The predicted molar refractivity (Wildman–Crippen MR) is 61.1 cm³/mol. The summed E-state index contributed by atoms with van der Waals surface area (Å²) in [6.45, 7) is 2.47. The highest BCUT2D eigenvalue weighted by atomic mass is 32.1. The lowest BCUT2D eigenvalue weighted by Gasteiger charge is -1.94. The second kappa shape index (κ2) is 4.75. The third kappa shape index (κ3) is 2.24. The van der Waals surface area contributed by atoms with E-state index in [4.69, 9.17) is 4.84 Å². The third-order valence-electron chi connectivity index (χ3n) is 1.83. The molecule has 0 amide bonds. The van der Waals surface area contributed by atoms with E-state index in [-0.39, 0.29) is 0 Å². The van der Waals surface area contributed by atoms with Crippen molar-refractivity contribution in [2.24, 2.45) is 5.16 Å². The van der Waals surface area contributed by atoms with E-state index >= 15 is 0 Å². The molecule has 0 spiro atoms. The summed E-state index contributed by atoms with van der Waals surface area (Å²) in [7, 11) is 0. The quantitative estimate of drug-likeness (QED) is 0.637. The first-order valence-electron chi connectivity index (χ1n) is 4.64. The van der Waals surface area contributed by atoms with Crippen LogP contribution in [0, 0.1) is 0 Å². The summed E-state index contributed by atoms with van der Waals surface area (Å²) in [6.07, 6.45) is 3.40. The molecule has 0 atom stereocenters. The lowest BCUT2D eigenvalue weighted by molar-refractivity contribution is 0.160. The minimum Gasteiger partial charge on any atom is -0.396 e. The number of nitrogens with one attached hydrogen (secondary N) is 1. The van der Waals surface area contributed by atoms with E-state index in [1.165, 1.54) is 0 Å². The molecule has 4 nitrogen and oxygen atoms in total. The molecule has 5 heteroatoms. The first kappa shape index (κ1) is 9.92. The van der Waals surface area contributed by atoms with Crippen molar-refractivity contribution >= 4 is 17.6 Å². The van der Waals surface area contributed by atoms with Crippen LogP contribution >= 0.6 is 11.3 Å².